The fraction of sp³-hybridized carbons (Fsp3) is 1.00. The van der Waals surface area contributed by atoms with Crippen LogP contribution in [-0.2, 0) is 0 Å². The van der Waals surface area contributed by atoms with E-state index in [1.54, 1.807) is 0 Å². The summed E-state index contributed by atoms with van der Waals surface area (Å²) in [5.74, 6) is 2.89. The van der Waals surface area contributed by atoms with Crippen molar-refractivity contribution >= 4 is 0 Å². The highest BCUT2D eigenvalue weighted by atomic mass is 15.2. The number of piperidine rings is 1. The van der Waals surface area contributed by atoms with Gasteiger partial charge in [-0.15, -0.1) is 0 Å². The van der Waals surface area contributed by atoms with E-state index in [4.69, 9.17) is 0 Å². The average Bonchev–Trinajstić information content (AvgIpc) is 2.80. The maximum absolute atomic E-state index is 3.73. The van der Waals surface area contributed by atoms with Crippen molar-refractivity contribution in [1.82, 2.24) is 10.2 Å². The van der Waals surface area contributed by atoms with Crippen molar-refractivity contribution in [3.05, 3.63) is 0 Å². The molecule has 0 radical (unpaired) electrons. The molecule has 2 atom stereocenters. The van der Waals surface area contributed by atoms with E-state index < -0.39 is 0 Å². The van der Waals surface area contributed by atoms with Crippen molar-refractivity contribution < 1.29 is 0 Å². The Labute approximate surface area is 125 Å². The molecule has 0 bridgehead atoms. The molecule has 0 unspecified atom stereocenters. The SMILES string of the molecule is CC(C)(C)C1CCC(CN2C[C@@H]3CCCN[C@@H]3C2)CC1. The largest absolute Gasteiger partial charge is 0.312 e. The van der Waals surface area contributed by atoms with Crippen molar-refractivity contribution in [3.63, 3.8) is 0 Å². The summed E-state index contributed by atoms with van der Waals surface area (Å²) in [6, 6.07) is 0.815. The molecule has 3 aliphatic rings. The van der Waals surface area contributed by atoms with Gasteiger partial charge in [0, 0.05) is 25.7 Å². The zero-order chi connectivity index (χ0) is 14.2. The summed E-state index contributed by atoms with van der Waals surface area (Å²) in [4.78, 5) is 2.77. The Kier molecular flexibility index (Phi) is 4.42. The standard InChI is InChI=1S/C18H34N2/c1-18(2,3)16-8-6-14(7-9-16)11-20-12-15-5-4-10-19-17(15)13-20/h14-17,19H,4-13H2,1-3H3/t14?,15-,16?,17+/m0/s1. The zero-order valence-corrected chi connectivity index (χ0v) is 13.8. The van der Waals surface area contributed by atoms with Crippen LogP contribution in [0.4, 0.5) is 0 Å². The molecule has 1 aliphatic carbocycles. The van der Waals surface area contributed by atoms with Crippen LogP contribution in [0.1, 0.15) is 59.3 Å². The summed E-state index contributed by atoms with van der Waals surface area (Å²) in [6.07, 6.45) is 8.74. The number of likely N-dealkylation sites (tertiary alicyclic amines) is 1. The highest BCUT2D eigenvalue weighted by Gasteiger charge is 2.36. The Hall–Kier alpha value is -0.0800. The van der Waals surface area contributed by atoms with Gasteiger partial charge in [-0.1, -0.05) is 20.8 Å². The Morgan fingerprint density at radius 1 is 1.00 bits per heavy atom. The van der Waals surface area contributed by atoms with Crippen LogP contribution >= 0.6 is 0 Å². The third-order valence-corrected chi connectivity index (χ3v) is 6.26. The predicted molar refractivity (Wildman–Crippen MR) is 85.9 cm³/mol. The lowest BCUT2D eigenvalue weighted by Gasteiger charge is -2.38. The van der Waals surface area contributed by atoms with Crippen LogP contribution in [0.25, 0.3) is 0 Å². The van der Waals surface area contributed by atoms with E-state index in [-0.39, 0.29) is 0 Å². The lowest BCUT2D eigenvalue weighted by molar-refractivity contribution is 0.130. The lowest BCUT2D eigenvalue weighted by atomic mass is 9.70. The number of fused-ring (bicyclic) bond motifs is 1. The molecule has 2 heteroatoms. The first-order valence-electron chi connectivity index (χ1n) is 8.98. The van der Waals surface area contributed by atoms with Gasteiger partial charge in [0.15, 0.2) is 0 Å². The van der Waals surface area contributed by atoms with E-state index in [1.807, 2.05) is 0 Å². The van der Waals surface area contributed by atoms with Gasteiger partial charge in [-0.3, -0.25) is 0 Å². The highest BCUT2D eigenvalue weighted by molar-refractivity contribution is 4.93. The van der Waals surface area contributed by atoms with Gasteiger partial charge in [-0.25, -0.2) is 0 Å². The molecule has 2 nitrogen and oxygen atoms in total. The molecule has 0 spiro atoms. The second-order valence-corrected chi connectivity index (χ2v) is 8.77. The van der Waals surface area contributed by atoms with Gasteiger partial charge in [0.2, 0.25) is 0 Å². The maximum Gasteiger partial charge on any atom is 0.0235 e. The van der Waals surface area contributed by atoms with Crippen LogP contribution in [0.15, 0.2) is 0 Å². The molecule has 116 valence electrons. The fourth-order valence-electron chi connectivity index (χ4n) is 4.86. The molecule has 3 fully saturated rings. The first-order chi connectivity index (χ1) is 9.52. The normalized spacial score (nSPS) is 39.8. The maximum atomic E-state index is 3.73. The van der Waals surface area contributed by atoms with Crippen molar-refractivity contribution in [1.29, 1.82) is 0 Å². The highest BCUT2D eigenvalue weighted by Crippen LogP contribution is 2.40. The minimum absolute atomic E-state index is 0.525. The Morgan fingerprint density at radius 3 is 2.40 bits per heavy atom. The first kappa shape index (κ1) is 14.8. The molecule has 20 heavy (non-hydrogen) atoms. The molecular weight excluding hydrogens is 244 g/mol. The fourth-order valence-corrected chi connectivity index (χ4v) is 4.86. The molecule has 0 aromatic carbocycles. The van der Waals surface area contributed by atoms with E-state index in [1.165, 1.54) is 64.7 Å². The summed E-state index contributed by atoms with van der Waals surface area (Å²) < 4.78 is 0. The number of hydrogen-bond donors (Lipinski definition) is 1. The van der Waals surface area contributed by atoms with Crippen molar-refractivity contribution in [2.24, 2.45) is 23.2 Å². The monoisotopic (exact) mass is 278 g/mol. The Balaban J connectivity index is 1.44. The quantitative estimate of drug-likeness (QED) is 0.831. The summed E-state index contributed by atoms with van der Waals surface area (Å²) in [5.41, 5.74) is 0.525. The summed E-state index contributed by atoms with van der Waals surface area (Å²) >= 11 is 0. The number of hydrogen-bond acceptors (Lipinski definition) is 2. The third kappa shape index (κ3) is 3.39. The van der Waals surface area contributed by atoms with Crippen molar-refractivity contribution in [2.75, 3.05) is 26.2 Å². The van der Waals surface area contributed by atoms with Gasteiger partial charge < -0.3 is 10.2 Å². The van der Waals surface area contributed by atoms with Crippen LogP contribution in [-0.4, -0.2) is 37.1 Å². The van der Waals surface area contributed by atoms with Crippen LogP contribution in [0.2, 0.25) is 0 Å². The van der Waals surface area contributed by atoms with Gasteiger partial charge >= 0.3 is 0 Å². The van der Waals surface area contributed by atoms with E-state index in [0.29, 0.717) is 5.41 Å². The number of nitrogens with one attached hydrogen (secondary N) is 1. The average molecular weight is 278 g/mol. The minimum Gasteiger partial charge on any atom is -0.312 e. The summed E-state index contributed by atoms with van der Waals surface area (Å²) in [6.45, 7) is 12.6. The van der Waals surface area contributed by atoms with Crippen molar-refractivity contribution in [2.45, 2.75) is 65.3 Å². The van der Waals surface area contributed by atoms with E-state index in [9.17, 15) is 0 Å². The second kappa shape index (κ2) is 5.96. The Bertz CT molecular complexity index is 298. The lowest BCUT2D eigenvalue weighted by Crippen LogP contribution is -2.41. The van der Waals surface area contributed by atoms with Gasteiger partial charge in [-0.2, -0.15) is 0 Å². The van der Waals surface area contributed by atoms with Crippen LogP contribution in [0.3, 0.4) is 0 Å². The molecule has 0 amide bonds. The molecule has 0 aromatic heterocycles. The topological polar surface area (TPSA) is 15.3 Å². The Morgan fingerprint density at radius 2 is 1.75 bits per heavy atom. The van der Waals surface area contributed by atoms with Gasteiger partial charge in [0.25, 0.3) is 0 Å². The second-order valence-electron chi connectivity index (χ2n) is 8.77. The molecule has 2 aliphatic heterocycles. The molecule has 2 heterocycles. The van der Waals surface area contributed by atoms with Crippen LogP contribution in [0, 0.1) is 23.2 Å². The first-order valence-corrected chi connectivity index (χ1v) is 8.98. The summed E-state index contributed by atoms with van der Waals surface area (Å²) in [5, 5.41) is 3.73. The predicted octanol–water partition coefficient (Wildman–Crippen LogP) is 3.52. The molecule has 0 aromatic rings. The van der Waals surface area contributed by atoms with E-state index in [2.05, 4.69) is 31.0 Å². The van der Waals surface area contributed by atoms with Crippen molar-refractivity contribution in [3.8, 4) is 0 Å². The minimum atomic E-state index is 0.525. The molecular formula is C18H34N2. The van der Waals surface area contributed by atoms with E-state index >= 15 is 0 Å². The van der Waals surface area contributed by atoms with E-state index in [0.717, 1.165) is 23.8 Å². The summed E-state index contributed by atoms with van der Waals surface area (Å²) in [7, 11) is 0. The number of rotatable bonds is 2. The van der Waals surface area contributed by atoms with Gasteiger partial charge in [0.05, 0.1) is 0 Å². The van der Waals surface area contributed by atoms with Gasteiger partial charge in [-0.05, 0) is 68.2 Å². The smallest absolute Gasteiger partial charge is 0.0235 e. The third-order valence-electron chi connectivity index (χ3n) is 6.26. The molecule has 3 rings (SSSR count). The molecule has 2 saturated heterocycles. The molecule has 1 saturated carbocycles. The van der Waals surface area contributed by atoms with Crippen LogP contribution < -0.4 is 5.32 Å². The van der Waals surface area contributed by atoms with Gasteiger partial charge in [0.1, 0.15) is 0 Å². The van der Waals surface area contributed by atoms with Crippen LogP contribution in [0.5, 0.6) is 0 Å². The number of nitrogens with zero attached hydrogens (tertiary/aromatic N) is 1. The molecule has 1 N–H and O–H groups in total. The zero-order valence-electron chi connectivity index (χ0n) is 13.8.